The van der Waals surface area contributed by atoms with Gasteiger partial charge in [-0.2, -0.15) is 0 Å². The van der Waals surface area contributed by atoms with E-state index in [1.54, 1.807) is 0 Å². The van der Waals surface area contributed by atoms with Gasteiger partial charge in [-0.1, -0.05) is 6.07 Å². The first-order valence-corrected chi connectivity index (χ1v) is 12.0. The number of aromatic amines is 1. The number of carbonyl (C=O) groups excluding carboxylic acids is 1. The van der Waals surface area contributed by atoms with E-state index in [-0.39, 0.29) is 53.9 Å². The Bertz CT molecular complexity index is 1340. The number of hydrogen-bond acceptors (Lipinski definition) is 7. The molecule has 4 rings (SSSR count). The van der Waals surface area contributed by atoms with Crippen LogP contribution in [-0.4, -0.2) is 52.0 Å². The van der Waals surface area contributed by atoms with Gasteiger partial charge >= 0.3 is 0 Å². The molecule has 9 nitrogen and oxygen atoms in total. The molecule has 1 amide bonds. The minimum atomic E-state index is -1.03. The number of methoxy groups -OCH3 is 1. The van der Waals surface area contributed by atoms with Crippen LogP contribution in [0.3, 0.4) is 0 Å². The Balaban J connectivity index is 1.44. The van der Waals surface area contributed by atoms with Crippen LogP contribution in [0.25, 0.3) is 10.9 Å². The zero-order chi connectivity index (χ0) is 26.6. The standard InChI is InChI=1S/C26H29F2N3O6/c1-36-20-12-16(2-3-17(20)27)13-29-25(34)23-30-19-5-4-18(28)22(21(19)24(33)31-23)37-11-8-15-6-9-26(35,14-32)10-7-15/h2-5,12,15,32,35H,6-11,13-14H2,1H3,(H,29,34)(H,30,31,33). The molecule has 0 saturated heterocycles. The largest absolute Gasteiger partial charge is 0.494 e. The summed E-state index contributed by atoms with van der Waals surface area (Å²) < 4.78 is 38.8. The van der Waals surface area contributed by atoms with Gasteiger partial charge < -0.3 is 30.0 Å². The number of hydrogen-bond donors (Lipinski definition) is 4. The summed E-state index contributed by atoms with van der Waals surface area (Å²) >= 11 is 0. The summed E-state index contributed by atoms with van der Waals surface area (Å²) in [5.41, 5.74) is -1.08. The number of nitrogens with zero attached hydrogens (tertiary/aromatic N) is 1. The maximum absolute atomic E-state index is 14.6. The van der Waals surface area contributed by atoms with Gasteiger partial charge in [-0.3, -0.25) is 9.59 Å². The Kier molecular flexibility index (Phi) is 8.03. The van der Waals surface area contributed by atoms with Crippen LogP contribution in [0.5, 0.6) is 11.5 Å². The summed E-state index contributed by atoms with van der Waals surface area (Å²) in [7, 11) is 1.33. The second-order valence-corrected chi connectivity index (χ2v) is 9.30. The van der Waals surface area contributed by atoms with E-state index in [2.05, 4.69) is 15.3 Å². The van der Waals surface area contributed by atoms with Gasteiger partial charge in [0.05, 0.1) is 31.4 Å². The highest BCUT2D eigenvalue weighted by molar-refractivity contribution is 5.93. The molecule has 1 aliphatic rings. The van der Waals surface area contributed by atoms with Crippen LogP contribution in [0.1, 0.15) is 48.3 Å². The monoisotopic (exact) mass is 517 g/mol. The van der Waals surface area contributed by atoms with Crippen molar-refractivity contribution in [2.24, 2.45) is 5.92 Å². The molecule has 1 fully saturated rings. The number of carbonyl (C=O) groups is 1. The molecule has 0 radical (unpaired) electrons. The van der Waals surface area contributed by atoms with Crippen LogP contribution < -0.4 is 20.3 Å². The minimum absolute atomic E-state index is 0.0336. The van der Waals surface area contributed by atoms with Crippen LogP contribution in [0.15, 0.2) is 35.1 Å². The van der Waals surface area contributed by atoms with E-state index in [4.69, 9.17) is 9.47 Å². The average molecular weight is 518 g/mol. The fraction of sp³-hybridized carbons (Fsp3) is 0.423. The summed E-state index contributed by atoms with van der Waals surface area (Å²) in [6.45, 7) is -0.0822. The molecule has 0 atom stereocenters. The Morgan fingerprint density at radius 2 is 1.95 bits per heavy atom. The van der Waals surface area contributed by atoms with E-state index in [1.165, 1.54) is 31.4 Å². The van der Waals surface area contributed by atoms with Crippen molar-refractivity contribution in [2.45, 2.75) is 44.2 Å². The molecule has 0 aliphatic heterocycles. The predicted octanol–water partition coefficient (Wildman–Crippen LogP) is 2.82. The number of amides is 1. The summed E-state index contributed by atoms with van der Waals surface area (Å²) in [6, 6.07) is 6.57. The van der Waals surface area contributed by atoms with Crippen LogP contribution in [0.2, 0.25) is 0 Å². The highest BCUT2D eigenvalue weighted by Crippen LogP contribution is 2.34. The molecule has 2 aromatic carbocycles. The lowest BCUT2D eigenvalue weighted by Gasteiger charge is -2.34. The second kappa shape index (κ2) is 11.2. The van der Waals surface area contributed by atoms with Gasteiger partial charge in [0.15, 0.2) is 29.0 Å². The Labute approximate surface area is 211 Å². The number of benzene rings is 2. The molecule has 1 heterocycles. The number of aromatic nitrogens is 2. The van der Waals surface area contributed by atoms with Crippen molar-refractivity contribution in [2.75, 3.05) is 20.3 Å². The molecule has 37 heavy (non-hydrogen) atoms. The zero-order valence-electron chi connectivity index (χ0n) is 20.4. The third-order valence-corrected chi connectivity index (χ3v) is 6.77. The summed E-state index contributed by atoms with van der Waals surface area (Å²) in [4.78, 5) is 32.0. The lowest BCUT2D eigenvalue weighted by molar-refractivity contribution is -0.0531. The van der Waals surface area contributed by atoms with Crippen molar-refractivity contribution >= 4 is 16.8 Å². The molecule has 1 saturated carbocycles. The molecule has 3 aromatic rings. The zero-order valence-corrected chi connectivity index (χ0v) is 20.4. The summed E-state index contributed by atoms with van der Waals surface area (Å²) in [5, 5.41) is 21.9. The van der Waals surface area contributed by atoms with Crippen LogP contribution in [0.4, 0.5) is 8.78 Å². The van der Waals surface area contributed by atoms with Crippen molar-refractivity contribution in [1.82, 2.24) is 15.3 Å². The van der Waals surface area contributed by atoms with Crippen LogP contribution in [-0.2, 0) is 6.54 Å². The van der Waals surface area contributed by atoms with Crippen LogP contribution >= 0.6 is 0 Å². The SMILES string of the molecule is COc1cc(CNC(=O)c2nc3ccc(F)c(OCCC4CCC(O)(CO)CC4)c3c(=O)[nH]2)ccc1F. The van der Waals surface area contributed by atoms with E-state index >= 15 is 0 Å². The van der Waals surface area contributed by atoms with E-state index < -0.39 is 28.7 Å². The molecule has 0 spiro atoms. The van der Waals surface area contributed by atoms with Crippen molar-refractivity contribution in [3.63, 3.8) is 0 Å². The quantitative estimate of drug-likeness (QED) is 0.343. The first kappa shape index (κ1) is 26.5. The van der Waals surface area contributed by atoms with Gasteiger partial charge in [0.1, 0.15) is 5.39 Å². The number of nitrogens with one attached hydrogen (secondary N) is 2. The van der Waals surface area contributed by atoms with Gasteiger partial charge in [0, 0.05) is 6.54 Å². The fourth-order valence-electron chi connectivity index (χ4n) is 4.50. The van der Waals surface area contributed by atoms with E-state index in [0.29, 0.717) is 37.7 Å². The lowest BCUT2D eigenvalue weighted by Crippen LogP contribution is -2.37. The topological polar surface area (TPSA) is 134 Å². The molecule has 0 unspecified atom stereocenters. The lowest BCUT2D eigenvalue weighted by atomic mass is 9.78. The Hall–Kier alpha value is -3.57. The number of ether oxygens (including phenoxy) is 2. The van der Waals surface area contributed by atoms with Crippen molar-refractivity contribution in [3.8, 4) is 11.5 Å². The fourth-order valence-corrected chi connectivity index (χ4v) is 4.50. The van der Waals surface area contributed by atoms with E-state index in [9.17, 15) is 28.6 Å². The number of aliphatic hydroxyl groups is 2. The molecular weight excluding hydrogens is 488 g/mol. The van der Waals surface area contributed by atoms with Gasteiger partial charge in [0.25, 0.3) is 11.5 Å². The highest BCUT2D eigenvalue weighted by atomic mass is 19.1. The normalized spacial score (nSPS) is 19.5. The number of halogens is 2. The van der Waals surface area contributed by atoms with Crippen molar-refractivity contribution < 1.29 is 33.3 Å². The number of rotatable bonds is 9. The first-order chi connectivity index (χ1) is 17.7. The first-order valence-electron chi connectivity index (χ1n) is 12.0. The van der Waals surface area contributed by atoms with Crippen LogP contribution in [0, 0.1) is 17.6 Å². The molecular formula is C26H29F2N3O6. The maximum Gasteiger partial charge on any atom is 0.287 e. The second-order valence-electron chi connectivity index (χ2n) is 9.30. The van der Waals surface area contributed by atoms with Crippen molar-refractivity contribution in [1.29, 1.82) is 0 Å². The Morgan fingerprint density at radius 1 is 1.22 bits per heavy atom. The maximum atomic E-state index is 14.6. The summed E-state index contributed by atoms with van der Waals surface area (Å²) in [6.07, 6.45) is 2.99. The smallest absolute Gasteiger partial charge is 0.287 e. The predicted molar refractivity (Wildman–Crippen MR) is 131 cm³/mol. The van der Waals surface area contributed by atoms with Gasteiger partial charge in [-0.15, -0.1) is 0 Å². The molecule has 1 aliphatic carbocycles. The molecule has 1 aromatic heterocycles. The number of fused-ring (bicyclic) bond motifs is 1. The molecule has 11 heteroatoms. The third kappa shape index (κ3) is 6.05. The summed E-state index contributed by atoms with van der Waals surface area (Å²) in [5.74, 6) is -2.14. The van der Waals surface area contributed by atoms with Gasteiger partial charge in [-0.25, -0.2) is 13.8 Å². The Morgan fingerprint density at radius 3 is 2.65 bits per heavy atom. The van der Waals surface area contributed by atoms with Gasteiger partial charge in [-0.05, 0) is 67.9 Å². The molecule has 0 bridgehead atoms. The minimum Gasteiger partial charge on any atom is -0.494 e. The average Bonchev–Trinajstić information content (AvgIpc) is 2.90. The van der Waals surface area contributed by atoms with E-state index in [1.807, 2.05) is 0 Å². The van der Waals surface area contributed by atoms with E-state index in [0.717, 1.165) is 6.07 Å². The van der Waals surface area contributed by atoms with Gasteiger partial charge in [0.2, 0.25) is 0 Å². The molecule has 198 valence electrons. The van der Waals surface area contributed by atoms with Crippen molar-refractivity contribution in [3.05, 3.63) is 63.7 Å². The highest BCUT2D eigenvalue weighted by Gasteiger charge is 2.32. The molecule has 4 N–H and O–H groups in total. The number of H-pyrrole nitrogens is 1. The third-order valence-electron chi connectivity index (χ3n) is 6.77. The number of aliphatic hydroxyl groups excluding tert-OH is 1.